The van der Waals surface area contributed by atoms with E-state index in [4.69, 9.17) is 5.26 Å². The predicted octanol–water partition coefficient (Wildman–Crippen LogP) is 7.75. The summed E-state index contributed by atoms with van der Waals surface area (Å²) < 4.78 is 0. The molecule has 0 spiro atoms. The molecule has 1 nitrogen and oxygen atoms in total. The van der Waals surface area contributed by atoms with Crippen molar-refractivity contribution in [1.29, 1.82) is 5.26 Å². The number of hydrogen-bond acceptors (Lipinski definition) is 1. The summed E-state index contributed by atoms with van der Waals surface area (Å²) in [7, 11) is 0. The first-order chi connectivity index (χ1) is 12.3. The Labute approximate surface area is 155 Å². The molecule has 1 aromatic rings. The molecule has 0 unspecified atom stereocenters. The summed E-state index contributed by atoms with van der Waals surface area (Å²) in [6, 6.07) is 10.5. The zero-order valence-corrected chi connectivity index (χ0v) is 16.3. The molecule has 1 aromatic carbocycles. The van der Waals surface area contributed by atoms with Crippen molar-refractivity contribution in [2.45, 2.75) is 103 Å². The van der Waals surface area contributed by atoms with Crippen LogP contribution in [0.3, 0.4) is 0 Å². The van der Waals surface area contributed by atoms with E-state index in [1.54, 1.807) is 0 Å². The highest BCUT2D eigenvalue weighted by molar-refractivity contribution is 5.33. The number of rotatable bonds is 11. The van der Waals surface area contributed by atoms with E-state index < -0.39 is 0 Å². The van der Waals surface area contributed by atoms with Crippen LogP contribution < -0.4 is 0 Å². The summed E-state index contributed by atoms with van der Waals surface area (Å²) in [5, 5.41) is 8.91. The Kier molecular flexibility index (Phi) is 9.71. The molecule has 138 valence electrons. The van der Waals surface area contributed by atoms with Crippen molar-refractivity contribution in [2.75, 3.05) is 0 Å². The molecule has 25 heavy (non-hydrogen) atoms. The van der Waals surface area contributed by atoms with E-state index in [1.165, 1.54) is 95.5 Å². The maximum atomic E-state index is 8.91. The van der Waals surface area contributed by atoms with Crippen molar-refractivity contribution in [3.8, 4) is 6.07 Å². The minimum Gasteiger partial charge on any atom is -0.192 e. The third kappa shape index (κ3) is 7.64. The van der Waals surface area contributed by atoms with Crippen molar-refractivity contribution >= 4 is 0 Å². The minimum atomic E-state index is 0.729. The Morgan fingerprint density at radius 3 is 1.92 bits per heavy atom. The minimum absolute atomic E-state index is 0.729. The SMILES string of the molecule is CCCCCCCCCCCC1CCC(c2ccc(C#N)cc2)CC1. The van der Waals surface area contributed by atoms with E-state index in [0.717, 1.165) is 17.4 Å². The fourth-order valence-electron chi connectivity index (χ4n) is 4.36. The van der Waals surface area contributed by atoms with Gasteiger partial charge in [0, 0.05) is 0 Å². The second kappa shape index (κ2) is 12.1. The Balaban J connectivity index is 1.51. The van der Waals surface area contributed by atoms with Crippen LogP contribution in [0.2, 0.25) is 0 Å². The van der Waals surface area contributed by atoms with Crippen LogP contribution in [0.25, 0.3) is 0 Å². The standard InChI is InChI=1S/C24H37N/c1-2-3-4-5-6-7-8-9-10-11-21-12-16-23(17-13-21)24-18-14-22(20-25)15-19-24/h14-15,18-19,21,23H,2-13,16-17H2,1H3. The molecule has 0 heterocycles. The molecule has 0 atom stereocenters. The predicted molar refractivity (Wildman–Crippen MR) is 108 cm³/mol. The molecular weight excluding hydrogens is 302 g/mol. The largest absolute Gasteiger partial charge is 0.192 e. The lowest BCUT2D eigenvalue weighted by molar-refractivity contribution is 0.301. The van der Waals surface area contributed by atoms with E-state index in [0.29, 0.717) is 0 Å². The first kappa shape index (κ1) is 20.0. The molecule has 1 aliphatic rings. The number of hydrogen-bond donors (Lipinski definition) is 0. The average molecular weight is 340 g/mol. The molecule has 1 heteroatoms. The van der Waals surface area contributed by atoms with Gasteiger partial charge in [-0.2, -0.15) is 5.26 Å². The quantitative estimate of drug-likeness (QED) is 0.378. The molecule has 2 rings (SSSR count). The van der Waals surface area contributed by atoms with E-state index >= 15 is 0 Å². The maximum absolute atomic E-state index is 8.91. The molecule has 0 N–H and O–H groups in total. The summed E-state index contributed by atoms with van der Waals surface area (Å²) in [6.07, 6.45) is 19.9. The fraction of sp³-hybridized carbons (Fsp3) is 0.708. The van der Waals surface area contributed by atoms with Crippen LogP contribution in [0.15, 0.2) is 24.3 Å². The van der Waals surface area contributed by atoms with Crippen LogP contribution in [0, 0.1) is 17.2 Å². The lowest BCUT2D eigenvalue weighted by atomic mass is 9.77. The van der Waals surface area contributed by atoms with E-state index in [1.807, 2.05) is 12.1 Å². The highest BCUT2D eigenvalue weighted by Gasteiger charge is 2.21. The summed E-state index contributed by atoms with van der Waals surface area (Å²) in [6.45, 7) is 2.29. The molecule has 1 aliphatic carbocycles. The number of unbranched alkanes of at least 4 members (excludes halogenated alkanes) is 8. The van der Waals surface area contributed by atoms with Crippen LogP contribution in [-0.4, -0.2) is 0 Å². The van der Waals surface area contributed by atoms with Gasteiger partial charge in [0.2, 0.25) is 0 Å². The Morgan fingerprint density at radius 2 is 1.36 bits per heavy atom. The van der Waals surface area contributed by atoms with Crippen LogP contribution >= 0.6 is 0 Å². The van der Waals surface area contributed by atoms with Crippen molar-refractivity contribution in [2.24, 2.45) is 5.92 Å². The summed E-state index contributed by atoms with van der Waals surface area (Å²) in [4.78, 5) is 0. The summed E-state index contributed by atoms with van der Waals surface area (Å²) in [5.41, 5.74) is 2.23. The lowest BCUT2D eigenvalue weighted by Crippen LogP contribution is -2.13. The van der Waals surface area contributed by atoms with Gasteiger partial charge in [0.1, 0.15) is 0 Å². The Morgan fingerprint density at radius 1 is 0.800 bits per heavy atom. The third-order valence-corrected chi connectivity index (χ3v) is 6.07. The second-order valence-electron chi connectivity index (χ2n) is 8.07. The third-order valence-electron chi connectivity index (χ3n) is 6.07. The topological polar surface area (TPSA) is 23.8 Å². The highest BCUT2D eigenvalue weighted by atomic mass is 14.3. The van der Waals surface area contributed by atoms with Crippen LogP contribution in [0.4, 0.5) is 0 Å². The highest BCUT2D eigenvalue weighted by Crippen LogP contribution is 2.37. The number of benzene rings is 1. The molecule has 0 saturated heterocycles. The van der Waals surface area contributed by atoms with Crippen LogP contribution in [0.5, 0.6) is 0 Å². The van der Waals surface area contributed by atoms with E-state index in [-0.39, 0.29) is 0 Å². The van der Waals surface area contributed by atoms with Gasteiger partial charge < -0.3 is 0 Å². The zero-order valence-electron chi connectivity index (χ0n) is 16.3. The van der Waals surface area contributed by atoms with E-state index in [9.17, 15) is 0 Å². The average Bonchev–Trinajstić information content (AvgIpc) is 2.67. The van der Waals surface area contributed by atoms with Crippen LogP contribution in [-0.2, 0) is 0 Å². The summed E-state index contributed by atoms with van der Waals surface area (Å²) in [5.74, 6) is 1.70. The Bertz CT molecular complexity index is 488. The smallest absolute Gasteiger partial charge is 0.0991 e. The zero-order chi connectivity index (χ0) is 17.7. The van der Waals surface area contributed by atoms with Gasteiger partial charge >= 0.3 is 0 Å². The first-order valence-corrected chi connectivity index (χ1v) is 10.8. The van der Waals surface area contributed by atoms with Crippen molar-refractivity contribution in [3.05, 3.63) is 35.4 Å². The summed E-state index contributed by atoms with van der Waals surface area (Å²) >= 11 is 0. The van der Waals surface area contributed by atoms with Gasteiger partial charge in [0.15, 0.2) is 0 Å². The molecule has 0 aliphatic heterocycles. The number of nitrogens with zero attached hydrogens (tertiary/aromatic N) is 1. The normalized spacial score (nSPS) is 20.3. The fourth-order valence-corrected chi connectivity index (χ4v) is 4.36. The molecule has 0 amide bonds. The molecule has 0 bridgehead atoms. The first-order valence-electron chi connectivity index (χ1n) is 10.8. The van der Waals surface area contributed by atoms with E-state index in [2.05, 4.69) is 25.1 Å². The van der Waals surface area contributed by atoms with Gasteiger partial charge in [-0.15, -0.1) is 0 Å². The van der Waals surface area contributed by atoms with Gasteiger partial charge in [-0.1, -0.05) is 83.3 Å². The molecule has 0 radical (unpaired) electrons. The van der Waals surface area contributed by atoms with Gasteiger partial charge in [0.05, 0.1) is 11.6 Å². The van der Waals surface area contributed by atoms with Gasteiger partial charge in [-0.25, -0.2) is 0 Å². The van der Waals surface area contributed by atoms with Crippen LogP contribution in [0.1, 0.15) is 114 Å². The molecule has 1 saturated carbocycles. The molecular formula is C24H37N. The number of nitriles is 1. The Hall–Kier alpha value is -1.29. The monoisotopic (exact) mass is 339 g/mol. The van der Waals surface area contributed by atoms with Gasteiger partial charge in [-0.05, 0) is 55.2 Å². The molecule has 0 aromatic heterocycles. The maximum Gasteiger partial charge on any atom is 0.0991 e. The molecule has 1 fully saturated rings. The van der Waals surface area contributed by atoms with Crippen molar-refractivity contribution in [3.63, 3.8) is 0 Å². The second-order valence-corrected chi connectivity index (χ2v) is 8.07. The van der Waals surface area contributed by atoms with Crippen molar-refractivity contribution in [1.82, 2.24) is 0 Å². The van der Waals surface area contributed by atoms with Gasteiger partial charge in [-0.3, -0.25) is 0 Å². The van der Waals surface area contributed by atoms with Gasteiger partial charge in [0.25, 0.3) is 0 Å². The van der Waals surface area contributed by atoms with Crippen molar-refractivity contribution < 1.29 is 0 Å². The lowest BCUT2D eigenvalue weighted by Gasteiger charge is -2.29.